The van der Waals surface area contributed by atoms with Crippen LogP contribution in [0.25, 0.3) is 0 Å². The van der Waals surface area contributed by atoms with Crippen LogP contribution in [0.2, 0.25) is 0 Å². The molecule has 80 valence electrons. The standard InChI is InChI=1S/C10H18N2O2/c1-5-7-11(8-6-2)9(3)10(4)12(13)14/h5-6,9-10H,1-2,7-8H2,3-4H3. The predicted octanol–water partition coefficient (Wildman–Crippen LogP) is 1.71. The second-order valence-corrected chi connectivity index (χ2v) is 3.30. The van der Waals surface area contributed by atoms with E-state index in [2.05, 4.69) is 13.2 Å². The van der Waals surface area contributed by atoms with Crippen LogP contribution in [0.4, 0.5) is 0 Å². The first-order chi connectivity index (χ1) is 6.54. The van der Waals surface area contributed by atoms with Crippen molar-refractivity contribution >= 4 is 0 Å². The summed E-state index contributed by atoms with van der Waals surface area (Å²) in [6.07, 6.45) is 3.49. The van der Waals surface area contributed by atoms with Crippen LogP contribution in [-0.2, 0) is 0 Å². The summed E-state index contributed by atoms with van der Waals surface area (Å²) in [5.41, 5.74) is 0. The van der Waals surface area contributed by atoms with Gasteiger partial charge in [0.1, 0.15) is 0 Å². The van der Waals surface area contributed by atoms with E-state index in [0.717, 1.165) is 0 Å². The summed E-state index contributed by atoms with van der Waals surface area (Å²) < 4.78 is 0. The average Bonchev–Trinajstić information content (AvgIpc) is 2.15. The van der Waals surface area contributed by atoms with E-state index >= 15 is 0 Å². The first-order valence-corrected chi connectivity index (χ1v) is 4.64. The van der Waals surface area contributed by atoms with E-state index in [1.165, 1.54) is 0 Å². The Morgan fingerprint density at radius 2 is 1.79 bits per heavy atom. The summed E-state index contributed by atoms with van der Waals surface area (Å²) >= 11 is 0. The van der Waals surface area contributed by atoms with E-state index in [1.807, 2.05) is 11.8 Å². The normalized spacial score (nSPS) is 14.8. The lowest BCUT2D eigenvalue weighted by molar-refractivity contribution is -0.525. The third-order valence-corrected chi connectivity index (χ3v) is 2.33. The Hall–Kier alpha value is -1.16. The lowest BCUT2D eigenvalue weighted by atomic mass is 10.1. The van der Waals surface area contributed by atoms with E-state index in [0.29, 0.717) is 13.1 Å². The first-order valence-electron chi connectivity index (χ1n) is 4.64. The van der Waals surface area contributed by atoms with Gasteiger partial charge >= 0.3 is 0 Å². The lowest BCUT2D eigenvalue weighted by Crippen LogP contribution is -2.43. The van der Waals surface area contributed by atoms with Crippen LogP contribution >= 0.6 is 0 Å². The molecule has 0 aromatic carbocycles. The minimum Gasteiger partial charge on any atom is -0.287 e. The summed E-state index contributed by atoms with van der Waals surface area (Å²) in [5, 5.41) is 10.6. The fraction of sp³-hybridized carbons (Fsp3) is 0.600. The molecule has 14 heavy (non-hydrogen) atoms. The largest absolute Gasteiger partial charge is 0.287 e. The maximum Gasteiger partial charge on any atom is 0.225 e. The molecular weight excluding hydrogens is 180 g/mol. The Morgan fingerprint density at radius 3 is 2.07 bits per heavy atom. The fourth-order valence-electron chi connectivity index (χ4n) is 1.22. The van der Waals surface area contributed by atoms with Gasteiger partial charge in [0.2, 0.25) is 6.04 Å². The number of nitrogens with zero attached hydrogens (tertiary/aromatic N) is 2. The molecule has 0 spiro atoms. The van der Waals surface area contributed by atoms with Crippen molar-refractivity contribution in [1.29, 1.82) is 0 Å². The zero-order valence-corrected chi connectivity index (χ0v) is 8.85. The molecule has 0 rings (SSSR count). The van der Waals surface area contributed by atoms with Gasteiger partial charge in [-0.05, 0) is 6.92 Å². The number of hydrogen-bond acceptors (Lipinski definition) is 3. The van der Waals surface area contributed by atoms with Crippen LogP contribution < -0.4 is 0 Å². The molecule has 0 aromatic rings. The monoisotopic (exact) mass is 198 g/mol. The van der Waals surface area contributed by atoms with Gasteiger partial charge in [0.05, 0.1) is 6.04 Å². The van der Waals surface area contributed by atoms with Crippen molar-refractivity contribution in [3.8, 4) is 0 Å². The molecular formula is C10H18N2O2. The lowest BCUT2D eigenvalue weighted by Gasteiger charge is -2.26. The van der Waals surface area contributed by atoms with Gasteiger partial charge in [-0.3, -0.25) is 15.0 Å². The van der Waals surface area contributed by atoms with Crippen molar-refractivity contribution < 1.29 is 4.92 Å². The molecule has 4 nitrogen and oxygen atoms in total. The molecule has 0 bridgehead atoms. The van der Waals surface area contributed by atoms with E-state index in [4.69, 9.17) is 0 Å². The molecule has 0 aliphatic carbocycles. The Kier molecular flexibility index (Phi) is 5.79. The summed E-state index contributed by atoms with van der Waals surface area (Å²) in [6, 6.07) is -0.684. The molecule has 2 unspecified atom stereocenters. The second kappa shape index (κ2) is 6.32. The molecule has 0 saturated carbocycles. The zero-order chi connectivity index (χ0) is 11.1. The quantitative estimate of drug-likeness (QED) is 0.355. The van der Waals surface area contributed by atoms with Gasteiger partial charge in [-0.1, -0.05) is 12.2 Å². The Bertz CT molecular complexity index is 206. The molecule has 0 aliphatic heterocycles. The molecule has 0 amide bonds. The van der Waals surface area contributed by atoms with Crippen molar-refractivity contribution in [2.45, 2.75) is 25.9 Å². The van der Waals surface area contributed by atoms with Crippen LogP contribution in [0, 0.1) is 10.1 Å². The maximum atomic E-state index is 10.6. The van der Waals surface area contributed by atoms with Crippen LogP contribution in [0.3, 0.4) is 0 Å². The van der Waals surface area contributed by atoms with E-state index < -0.39 is 6.04 Å². The third-order valence-electron chi connectivity index (χ3n) is 2.33. The van der Waals surface area contributed by atoms with Crippen molar-refractivity contribution in [2.75, 3.05) is 13.1 Å². The predicted molar refractivity (Wildman–Crippen MR) is 57.9 cm³/mol. The molecule has 4 heteroatoms. The molecule has 2 atom stereocenters. The van der Waals surface area contributed by atoms with Crippen LogP contribution in [0.5, 0.6) is 0 Å². The van der Waals surface area contributed by atoms with Gasteiger partial charge in [0.15, 0.2) is 0 Å². The molecule has 0 aliphatic rings. The molecule has 0 aromatic heterocycles. The summed E-state index contributed by atoms with van der Waals surface area (Å²) in [7, 11) is 0. The minimum atomic E-state index is -0.574. The first kappa shape index (κ1) is 12.8. The van der Waals surface area contributed by atoms with Gasteiger partial charge in [-0.15, -0.1) is 13.2 Å². The highest BCUT2D eigenvalue weighted by Gasteiger charge is 2.26. The van der Waals surface area contributed by atoms with E-state index in [-0.39, 0.29) is 11.0 Å². The van der Waals surface area contributed by atoms with Crippen molar-refractivity contribution in [1.82, 2.24) is 4.90 Å². The third kappa shape index (κ3) is 3.70. The van der Waals surface area contributed by atoms with Crippen molar-refractivity contribution in [2.24, 2.45) is 0 Å². The van der Waals surface area contributed by atoms with E-state index in [1.54, 1.807) is 19.1 Å². The van der Waals surface area contributed by atoms with Gasteiger partial charge in [-0.2, -0.15) is 0 Å². The van der Waals surface area contributed by atoms with Crippen LogP contribution in [-0.4, -0.2) is 35.0 Å². The number of hydrogen-bond donors (Lipinski definition) is 0. The molecule has 0 heterocycles. The zero-order valence-electron chi connectivity index (χ0n) is 8.85. The Labute approximate surface area is 85.1 Å². The van der Waals surface area contributed by atoms with Gasteiger partial charge in [0, 0.05) is 24.9 Å². The summed E-state index contributed by atoms with van der Waals surface area (Å²) in [5.74, 6) is 0. The number of rotatable bonds is 7. The molecule has 0 fully saturated rings. The van der Waals surface area contributed by atoms with Crippen molar-refractivity contribution in [3.05, 3.63) is 35.4 Å². The Morgan fingerprint density at radius 1 is 1.36 bits per heavy atom. The SMILES string of the molecule is C=CCN(CC=C)C(C)C(C)[N+](=O)[O-]. The molecule has 0 N–H and O–H groups in total. The van der Waals surface area contributed by atoms with E-state index in [9.17, 15) is 10.1 Å². The second-order valence-electron chi connectivity index (χ2n) is 3.30. The smallest absolute Gasteiger partial charge is 0.225 e. The van der Waals surface area contributed by atoms with Gasteiger partial charge in [-0.25, -0.2) is 0 Å². The highest BCUT2D eigenvalue weighted by atomic mass is 16.6. The minimum absolute atomic E-state index is 0.110. The highest BCUT2D eigenvalue weighted by molar-refractivity contribution is 4.84. The van der Waals surface area contributed by atoms with Gasteiger partial charge < -0.3 is 0 Å². The maximum absolute atomic E-state index is 10.6. The number of nitro groups is 1. The average molecular weight is 198 g/mol. The Balaban J connectivity index is 4.39. The fourth-order valence-corrected chi connectivity index (χ4v) is 1.22. The highest BCUT2D eigenvalue weighted by Crippen LogP contribution is 2.06. The molecule has 0 saturated heterocycles. The van der Waals surface area contributed by atoms with Crippen LogP contribution in [0.1, 0.15) is 13.8 Å². The molecule has 0 radical (unpaired) electrons. The van der Waals surface area contributed by atoms with Crippen molar-refractivity contribution in [3.63, 3.8) is 0 Å². The van der Waals surface area contributed by atoms with Crippen LogP contribution in [0.15, 0.2) is 25.3 Å². The summed E-state index contributed by atoms with van der Waals surface area (Å²) in [6.45, 7) is 12.0. The summed E-state index contributed by atoms with van der Waals surface area (Å²) in [4.78, 5) is 12.3. The topological polar surface area (TPSA) is 46.4 Å². The van der Waals surface area contributed by atoms with Gasteiger partial charge in [0.25, 0.3) is 0 Å².